The summed E-state index contributed by atoms with van der Waals surface area (Å²) < 4.78 is 0. The molecule has 0 saturated carbocycles. The molecule has 0 radical (unpaired) electrons. The molecule has 3 aliphatic rings. The van der Waals surface area contributed by atoms with Crippen LogP contribution < -0.4 is 10.6 Å². The van der Waals surface area contributed by atoms with E-state index in [1.807, 2.05) is 4.90 Å². The van der Waals surface area contributed by atoms with Crippen LogP contribution in [0.15, 0.2) is 0 Å². The number of carbonyl (C=O) groups is 3. The zero-order valence-electron chi connectivity index (χ0n) is 12.9. The van der Waals surface area contributed by atoms with Gasteiger partial charge < -0.3 is 15.5 Å². The lowest BCUT2D eigenvalue weighted by Crippen LogP contribution is -2.56. The molecule has 2 N–H and O–H groups in total. The maximum absolute atomic E-state index is 12.3. The largest absolute Gasteiger partial charge is 0.339 e. The van der Waals surface area contributed by atoms with Crippen molar-refractivity contribution in [3.8, 4) is 0 Å². The molecule has 0 aromatic carbocycles. The Morgan fingerprint density at radius 3 is 2.32 bits per heavy atom. The lowest BCUT2D eigenvalue weighted by Gasteiger charge is -2.38. The molecule has 0 bridgehead atoms. The van der Waals surface area contributed by atoms with Crippen molar-refractivity contribution in [2.75, 3.05) is 52.9 Å². The number of piperazine rings is 1. The molecular formula is C14H23N5O3. The van der Waals surface area contributed by atoms with Gasteiger partial charge in [-0.25, -0.2) is 4.79 Å². The summed E-state index contributed by atoms with van der Waals surface area (Å²) >= 11 is 0. The molecule has 3 heterocycles. The molecule has 3 fully saturated rings. The fourth-order valence-electron chi connectivity index (χ4n) is 3.39. The van der Waals surface area contributed by atoms with Gasteiger partial charge in [0, 0.05) is 46.3 Å². The number of amides is 4. The summed E-state index contributed by atoms with van der Waals surface area (Å²) in [6.07, 6.45) is 1.13. The number of rotatable bonds is 2. The first-order chi connectivity index (χ1) is 10.5. The maximum Gasteiger partial charge on any atom is 0.324 e. The molecule has 22 heavy (non-hydrogen) atoms. The van der Waals surface area contributed by atoms with Crippen LogP contribution in [0.1, 0.15) is 12.8 Å². The van der Waals surface area contributed by atoms with Gasteiger partial charge >= 0.3 is 6.03 Å². The molecule has 3 rings (SSSR count). The predicted octanol–water partition coefficient (Wildman–Crippen LogP) is -1.57. The third-order valence-corrected chi connectivity index (χ3v) is 4.90. The molecule has 0 aliphatic carbocycles. The van der Waals surface area contributed by atoms with Crippen LogP contribution in [-0.4, -0.2) is 90.9 Å². The highest BCUT2D eigenvalue weighted by Crippen LogP contribution is 2.28. The highest BCUT2D eigenvalue weighted by molar-refractivity contribution is 6.06. The Bertz CT molecular complexity index is 481. The second-order valence-corrected chi connectivity index (χ2v) is 6.28. The number of nitrogens with one attached hydrogen (secondary N) is 2. The summed E-state index contributed by atoms with van der Waals surface area (Å²) in [5.41, 5.74) is -0.750. The number of hydrogen-bond donors (Lipinski definition) is 2. The zero-order valence-corrected chi connectivity index (χ0v) is 12.9. The first kappa shape index (κ1) is 15.2. The van der Waals surface area contributed by atoms with E-state index in [0.29, 0.717) is 32.5 Å². The lowest BCUT2D eigenvalue weighted by atomic mass is 9.87. The van der Waals surface area contributed by atoms with Crippen molar-refractivity contribution in [1.29, 1.82) is 0 Å². The Labute approximate surface area is 129 Å². The molecule has 3 aliphatic heterocycles. The van der Waals surface area contributed by atoms with Crippen molar-refractivity contribution in [3.05, 3.63) is 0 Å². The minimum absolute atomic E-state index is 0.148. The second kappa shape index (κ2) is 5.85. The van der Waals surface area contributed by atoms with Gasteiger partial charge in [-0.05, 0) is 12.8 Å². The molecule has 3 saturated heterocycles. The topological polar surface area (TPSA) is 85.0 Å². The van der Waals surface area contributed by atoms with Crippen molar-refractivity contribution < 1.29 is 14.4 Å². The summed E-state index contributed by atoms with van der Waals surface area (Å²) in [4.78, 5) is 41.2. The lowest BCUT2D eigenvalue weighted by molar-refractivity contribution is -0.134. The normalized spacial score (nSPS) is 25.7. The van der Waals surface area contributed by atoms with Crippen LogP contribution in [0.2, 0.25) is 0 Å². The van der Waals surface area contributed by atoms with E-state index >= 15 is 0 Å². The van der Waals surface area contributed by atoms with Crippen molar-refractivity contribution >= 4 is 17.8 Å². The third kappa shape index (κ3) is 2.68. The average molecular weight is 309 g/mol. The highest BCUT2D eigenvalue weighted by Gasteiger charge is 2.51. The summed E-state index contributed by atoms with van der Waals surface area (Å²) in [6.45, 7) is 4.92. The predicted molar refractivity (Wildman–Crippen MR) is 79.2 cm³/mol. The van der Waals surface area contributed by atoms with Gasteiger partial charge in [0.25, 0.3) is 5.91 Å². The number of urea groups is 1. The number of likely N-dealkylation sites (tertiary alicyclic amines) is 1. The number of imide groups is 1. The molecule has 1 spiro atoms. The zero-order chi connectivity index (χ0) is 15.7. The first-order valence-corrected chi connectivity index (χ1v) is 7.83. The van der Waals surface area contributed by atoms with Crippen molar-refractivity contribution in [2.45, 2.75) is 18.4 Å². The van der Waals surface area contributed by atoms with Crippen LogP contribution in [-0.2, 0) is 9.59 Å². The van der Waals surface area contributed by atoms with Gasteiger partial charge in [-0.2, -0.15) is 0 Å². The average Bonchev–Trinajstić information content (AvgIpc) is 2.75. The maximum atomic E-state index is 12.3. The van der Waals surface area contributed by atoms with E-state index < -0.39 is 5.54 Å². The van der Waals surface area contributed by atoms with Crippen molar-refractivity contribution in [2.24, 2.45) is 0 Å². The van der Waals surface area contributed by atoms with Crippen LogP contribution in [0.5, 0.6) is 0 Å². The summed E-state index contributed by atoms with van der Waals surface area (Å²) in [7, 11) is 1.51. The smallest absolute Gasteiger partial charge is 0.324 e. The van der Waals surface area contributed by atoms with Crippen LogP contribution >= 0.6 is 0 Å². The minimum Gasteiger partial charge on any atom is -0.339 e. The van der Waals surface area contributed by atoms with Gasteiger partial charge in [-0.15, -0.1) is 0 Å². The minimum atomic E-state index is -0.750. The molecule has 8 nitrogen and oxygen atoms in total. The Balaban J connectivity index is 1.53. The number of hydrogen-bond acceptors (Lipinski definition) is 5. The van der Waals surface area contributed by atoms with Crippen LogP contribution in [0.25, 0.3) is 0 Å². The van der Waals surface area contributed by atoms with Gasteiger partial charge in [0.1, 0.15) is 5.54 Å². The Hall–Kier alpha value is -1.67. The van der Waals surface area contributed by atoms with Crippen molar-refractivity contribution in [3.63, 3.8) is 0 Å². The highest BCUT2D eigenvalue weighted by atomic mass is 16.2. The van der Waals surface area contributed by atoms with E-state index in [1.165, 1.54) is 7.05 Å². The second-order valence-electron chi connectivity index (χ2n) is 6.28. The Morgan fingerprint density at radius 1 is 1.14 bits per heavy atom. The SMILES string of the molecule is CN1C(=O)NC2(CCN(CC(=O)N3CCNCC3)CC2)C1=O. The standard InChI is InChI=1S/C14H23N5O3/c1-17-12(21)14(16-13(17)22)2-6-18(7-3-14)10-11(20)19-8-4-15-5-9-19/h15H,2-10H2,1H3,(H,16,22). The van der Waals surface area contributed by atoms with Crippen LogP contribution in [0.3, 0.4) is 0 Å². The Morgan fingerprint density at radius 2 is 1.77 bits per heavy atom. The van der Waals surface area contributed by atoms with Gasteiger partial charge in [0.05, 0.1) is 6.54 Å². The third-order valence-electron chi connectivity index (χ3n) is 4.90. The molecule has 4 amide bonds. The molecule has 8 heteroatoms. The van der Waals surface area contributed by atoms with E-state index in [1.54, 1.807) is 0 Å². The molecule has 0 aromatic heterocycles. The van der Waals surface area contributed by atoms with E-state index in [0.717, 1.165) is 31.1 Å². The summed E-state index contributed by atoms with van der Waals surface area (Å²) in [6, 6.07) is -0.324. The van der Waals surface area contributed by atoms with Crippen LogP contribution in [0.4, 0.5) is 4.79 Å². The first-order valence-electron chi connectivity index (χ1n) is 7.83. The number of likely N-dealkylation sites (N-methyl/N-ethyl adjacent to an activating group) is 1. The fourth-order valence-corrected chi connectivity index (χ4v) is 3.39. The quantitative estimate of drug-likeness (QED) is 0.602. The van der Waals surface area contributed by atoms with Gasteiger partial charge in [0.2, 0.25) is 5.91 Å². The molecular weight excluding hydrogens is 286 g/mol. The molecule has 122 valence electrons. The molecule has 0 aromatic rings. The van der Waals surface area contributed by atoms with E-state index in [4.69, 9.17) is 0 Å². The van der Waals surface area contributed by atoms with Gasteiger partial charge in [-0.1, -0.05) is 0 Å². The molecule has 0 atom stereocenters. The summed E-state index contributed by atoms with van der Waals surface area (Å²) in [5.74, 6) is 0.00179. The van der Waals surface area contributed by atoms with E-state index in [-0.39, 0.29) is 17.8 Å². The monoisotopic (exact) mass is 309 g/mol. The number of carbonyl (C=O) groups excluding carboxylic acids is 3. The summed E-state index contributed by atoms with van der Waals surface area (Å²) in [5, 5.41) is 6.04. The van der Waals surface area contributed by atoms with Gasteiger partial charge in [-0.3, -0.25) is 19.4 Å². The fraction of sp³-hybridized carbons (Fsp3) is 0.786. The van der Waals surface area contributed by atoms with Crippen LogP contribution in [0, 0.1) is 0 Å². The molecule has 0 unspecified atom stereocenters. The van der Waals surface area contributed by atoms with E-state index in [9.17, 15) is 14.4 Å². The van der Waals surface area contributed by atoms with Crippen molar-refractivity contribution in [1.82, 2.24) is 25.3 Å². The Kier molecular flexibility index (Phi) is 4.05. The number of nitrogens with zero attached hydrogens (tertiary/aromatic N) is 3. The van der Waals surface area contributed by atoms with E-state index in [2.05, 4.69) is 15.5 Å². The van der Waals surface area contributed by atoms with Gasteiger partial charge in [0.15, 0.2) is 0 Å². The number of piperidine rings is 1.